The quantitative estimate of drug-likeness (QED) is 0.214. The second kappa shape index (κ2) is 14.9. The summed E-state index contributed by atoms with van der Waals surface area (Å²) in [4.78, 5) is 31.1. The lowest BCUT2D eigenvalue weighted by atomic mass is 10.0. The Bertz CT molecular complexity index is 1150. The minimum absolute atomic E-state index is 0.0823. The first-order valence-corrected chi connectivity index (χ1v) is 13.5. The fraction of sp³-hybridized carbons (Fsp3) is 0.536. The molecule has 0 aliphatic carbocycles. The summed E-state index contributed by atoms with van der Waals surface area (Å²) < 4.78 is 59.6. The number of alkyl halides is 3. The number of rotatable bonds is 15. The fourth-order valence-electron chi connectivity index (χ4n) is 4.61. The topological polar surface area (TPSA) is 104 Å². The molecule has 40 heavy (non-hydrogen) atoms. The third-order valence-electron chi connectivity index (χ3n) is 6.75. The van der Waals surface area contributed by atoms with Crippen molar-refractivity contribution in [2.75, 3.05) is 44.7 Å². The maximum absolute atomic E-state index is 14.2. The number of unbranched alkanes of at least 4 members (excludes halogenated alkanes) is 1. The summed E-state index contributed by atoms with van der Waals surface area (Å²) in [5.41, 5.74) is -0.465. The molecule has 0 fully saturated rings. The fourth-order valence-corrected chi connectivity index (χ4v) is 4.61. The van der Waals surface area contributed by atoms with Crippen molar-refractivity contribution in [2.45, 2.75) is 57.7 Å². The van der Waals surface area contributed by atoms with Crippen LogP contribution >= 0.6 is 0 Å². The van der Waals surface area contributed by atoms with Crippen LogP contribution in [0, 0.1) is 5.82 Å². The van der Waals surface area contributed by atoms with Gasteiger partial charge in [-0.3, -0.25) is 4.79 Å². The number of nitrogens with zero attached hydrogens (tertiary/aromatic N) is 2. The van der Waals surface area contributed by atoms with Crippen molar-refractivity contribution in [3.05, 3.63) is 58.5 Å². The first-order chi connectivity index (χ1) is 19.1. The first kappa shape index (κ1) is 31.3. The van der Waals surface area contributed by atoms with E-state index in [4.69, 9.17) is 9.72 Å². The van der Waals surface area contributed by atoms with E-state index in [1.54, 1.807) is 0 Å². The van der Waals surface area contributed by atoms with Crippen LogP contribution in [0.4, 0.5) is 23.4 Å². The van der Waals surface area contributed by atoms with Crippen LogP contribution in [0.25, 0.3) is 0 Å². The van der Waals surface area contributed by atoms with Gasteiger partial charge in [-0.1, -0.05) is 12.1 Å². The number of carbonyl (C=O) groups excluding carboxylic acids is 1. The second-order valence-electron chi connectivity index (χ2n) is 9.65. The highest BCUT2D eigenvalue weighted by molar-refractivity contribution is 5.98. The highest BCUT2D eigenvalue weighted by atomic mass is 19.4. The molecule has 8 nitrogen and oxygen atoms in total. The van der Waals surface area contributed by atoms with Gasteiger partial charge in [-0.15, -0.1) is 0 Å². The Hall–Kier alpha value is -3.25. The molecule has 1 atom stereocenters. The predicted octanol–water partition coefficient (Wildman–Crippen LogP) is 4.53. The number of pyridine rings is 1. The van der Waals surface area contributed by atoms with Crippen LogP contribution in [0.2, 0.25) is 0 Å². The molecule has 3 N–H and O–H groups in total. The Balaban J connectivity index is 1.57. The molecule has 1 aromatic heterocycles. The zero-order valence-electron chi connectivity index (χ0n) is 22.5. The van der Waals surface area contributed by atoms with E-state index in [1.807, 2.05) is 17.9 Å². The maximum atomic E-state index is 14.2. The minimum Gasteiger partial charge on any atom is -0.480 e. The van der Waals surface area contributed by atoms with Crippen LogP contribution < -0.4 is 10.6 Å². The summed E-state index contributed by atoms with van der Waals surface area (Å²) in [5.74, 6) is -3.28. The molecule has 0 bridgehead atoms. The van der Waals surface area contributed by atoms with Crippen molar-refractivity contribution in [2.24, 2.45) is 0 Å². The van der Waals surface area contributed by atoms with Crippen molar-refractivity contribution in [1.82, 2.24) is 15.2 Å². The molecule has 0 radical (unpaired) electrons. The van der Waals surface area contributed by atoms with Gasteiger partial charge in [-0.2, -0.15) is 13.2 Å². The Kier molecular flexibility index (Phi) is 11.7. The molecule has 220 valence electrons. The van der Waals surface area contributed by atoms with Gasteiger partial charge in [0.15, 0.2) is 0 Å². The van der Waals surface area contributed by atoms with E-state index in [0.29, 0.717) is 32.4 Å². The van der Waals surface area contributed by atoms with Gasteiger partial charge in [0, 0.05) is 31.9 Å². The molecular formula is C28H36F4N4O4. The average molecular weight is 569 g/mol. The molecule has 1 aliphatic rings. The second-order valence-corrected chi connectivity index (χ2v) is 9.65. The number of ether oxygens (including phenoxy) is 1. The monoisotopic (exact) mass is 568 g/mol. The first-order valence-electron chi connectivity index (χ1n) is 13.5. The summed E-state index contributed by atoms with van der Waals surface area (Å²) in [6.45, 7) is 5.10. The molecule has 1 aliphatic heterocycles. The van der Waals surface area contributed by atoms with Crippen molar-refractivity contribution in [3.63, 3.8) is 0 Å². The van der Waals surface area contributed by atoms with Gasteiger partial charge in [0.2, 0.25) is 0 Å². The van der Waals surface area contributed by atoms with Gasteiger partial charge in [-0.25, -0.2) is 14.2 Å². The van der Waals surface area contributed by atoms with Gasteiger partial charge in [0.25, 0.3) is 5.91 Å². The van der Waals surface area contributed by atoms with Crippen molar-refractivity contribution in [1.29, 1.82) is 0 Å². The number of aromatic nitrogens is 1. The SMILES string of the molecule is CCOCCN(CCCCc1ccc2c(n1)NCCC2)CCC(NC(=O)c1c(F)cccc1C(F)(F)F)C(=O)O. The molecule has 1 aromatic carbocycles. The van der Waals surface area contributed by atoms with Crippen molar-refractivity contribution >= 4 is 17.7 Å². The van der Waals surface area contributed by atoms with Gasteiger partial charge in [-0.05, 0) is 75.8 Å². The molecule has 12 heteroatoms. The number of aryl methyl sites for hydroxylation is 2. The molecule has 1 amide bonds. The molecule has 1 unspecified atom stereocenters. The van der Waals surface area contributed by atoms with Gasteiger partial charge in [0.1, 0.15) is 17.7 Å². The molecule has 0 saturated carbocycles. The van der Waals surface area contributed by atoms with E-state index in [1.165, 1.54) is 5.56 Å². The van der Waals surface area contributed by atoms with Crippen LogP contribution in [-0.2, 0) is 28.5 Å². The smallest absolute Gasteiger partial charge is 0.417 e. The molecule has 0 spiro atoms. The standard InChI is InChI=1S/C28H36F4N4O4/c1-2-40-18-17-36(15-4-3-8-20-12-11-19-7-6-14-33-25(19)34-20)16-13-23(27(38)39)35-26(37)24-21(28(30,31)32)9-5-10-22(24)29/h5,9-12,23H,2-4,6-8,13-18H2,1H3,(H,33,34)(H,35,37)(H,38,39). The van der Waals surface area contributed by atoms with Crippen LogP contribution in [0.5, 0.6) is 0 Å². The number of nitrogens with one attached hydrogen (secondary N) is 2. The van der Waals surface area contributed by atoms with E-state index < -0.39 is 41.0 Å². The summed E-state index contributed by atoms with van der Waals surface area (Å²) in [6, 6.07) is 4.80. The van der Waals surface area contributed by atoms with Gasteiger partial charge >= 0.3 is 12.1 Å². The molecule has 3 rings (SSSR count). The number of aliphatic carboxylic acids is 1. The molecular weight excluding hydrogens is 532 g/mol. The minimum atomic E-state index is -4.98. The zero-order chi connectivity index (χ0) is 29.1. The number of halogens is 4. The van der Waals surface area contributed by atoms with E-state index >= 15 is 0 Å². The third kappa shape index (κ3) is 9.16. The van der Waals surface area contributed by atoms with Gasteiger partial charge < -0.3 is 25.4 Å². The Labute approximate surface area is 231 Å². The Morgan fingerprint density at radius 3 is 2.70 bits per heavy atom. The number of carbonyl (C=O) groups is 2. The predicted molar refractivity (Wildman–Crippen MR) is 142 cm³/mol. The number of carboxylic acids is 1. The van der Waals surface area contributed by atoms with Crippen LogP contribution in [0.1, 0.15) is 59.8 Å². The van der Waals surface area contributed by atoms with Gasteiger partial charge in [0.05, 0.1) is 17.7 Å². The third-order valence-corrected chi connectivity index (χ3v) is 6.75. The van der Waals surface area contributed by atoms with Crippen LogP contribution in [0.3, 0.4) is 0 Å². The largest absolute Gasteiger partial charge is 0.480 e. The Morgan fingerprint density at radius 1 is 1.18 bits per heavy atom. The number of carboxylic acid groups (broad SMARTS) is 1. The summed E-state index contributed by atoms with van der Waals surface area (Å²) in [6.07, 6.45) is -0.514. The summed E-state index contributed by atoms with van der Waals surface area (Å²) in [7, 11) is 0. The number of benzene rings is 1. The Morgan fingerprint density at radius 2 is 1.98 bits per heavy atom. The van der Waals surface area contributed by atoms with E-state index in [-0.39, 0.29) is 13.0 Å². The summed E-state index contributed by atoms with van der Waals surface area (Å²) >= 11 is 0. The van der Waals surface area contributed by atoms with E-state index in [0.717, 1.165) is 62.3 Å². The molecule has 2 heterocycles. The van der Waals surface area contributed by atoms with E-state index in [2.05, 4.69) is 16.7 Å². The average Bonchev–Trinajstić information content (AvgIpc) is 2.91. The molecule has 2 aromatic rings. The van der Waals surface area contributed by atoms with Crippen molar-refractivity contribution < 1.29 is 37.0 Å². The highest BCUT2D eigenvalue weighted by Gasteiger charge is 2.37. The number of anilines is 1. The number of hydrogen-bond donors (Lipinski definition) is 3. The van der Waals surface area contributed by atoms with E-state index in [9.17, 15) is 32.3 Å². The zero-order valence-corrected chi connectivity index (χ0v) is 22.5. The number of hydrogen-bond acceptors (Lipinski definition) is 6. The van der Waals surface area contributed by atoms with Crippen molar-refractivity contribution in [3.8, 4) is 0 Å². The lowest BCUT2D eigenvalue weighted by Crippen LogP contribution is -2.44. The summed E-state index contributed by atoms with van der Waals surface area (Å²) in [5, 5.41) is 15.0. The lowest BCUT2D eigenvalue weighted by Gasteiger charge is -2.24. The lowest BCUT2D eigenvalue weighted by molar-refractivity contribution is -0.139. The van der Waals surface area contributed by atoms with Crippen LogP contribution in [-0.4, -0.2) is 72.3 Å². The number of fused-ring (bicyclic) bond motifs is 1. The highest BCUT2D eigenvalue weighted by Crippen LogP contribution is 2.33. The maximum Gasteiger partial charge on any atom is 0.417 e. The normalized spacial score (nSPS) is 13.9. The van der Waals surface area contributed by atoms with Crippen LogP contribution in [0.15, 0.2) is 30.3 Å². The number of amides is 1. The molecule has 0 saturated heterocycles.